The van der Waals surface area contributed by atoms with Gasteiger partial charge in [0.25, 0.3) is 0 Å². The van der Waals surface area contributed by atoms with Gasteiger partial charge in [0.05, 0.1) is 0 Å². The smallest absolute Gasteiger partial charge is 0.0462 e. The first-order valence-corrected chi connectivity index (χ1v) is 15.9. The van der Waals surface area contributed by atoms with Gasteiger partial charge < -0.3 is 4.90 Å². The zero-order chi connectivity index (χ0) is 28.7. The van der Waals surface area contributed by atoms with E-state index >= 15 is 0 Å². The molecular weight excluding hydrogens is 757 g/mol. The SMILES string of the molecule is Brc1ccc(I)cc1.Brc1ccc(N(c2ccccc2)c2ccccc2)cc1.C.c1ccc(Cc2ccccc2)cc1. The molecule has 0 unspecified atom stereocenters. The summed E-state index contributed by atoms with van der Waals surface area (Å²) in [5.41, 5.74) is 6.19. The summed E-state index contributed by atoms with van der Waals surface area (Å²) in [6.45, 7) is 0. The quantitative estimate of drug-likeness (QED) is 0.157. The van der Waals surface area contributed by atoms with Crippen LogP contribution in [0.2, 0.25) is 0 Å². The normalized spacial score (nSPS) is 9.69. The third-order valence-electron chi connectivity index (χ3n) is 6.01. The average molecular weight is 791 g/mol. The summed E-state index contributed by atoms with van der Waals surface area (Å²) in [5, 5.41) is 0. The molecule has 1 nitrogen and oxygen atoms in total. The molecule has 6 rings (SSSR count). The van der Waals surface area contributed by atoms with E-state index < -0.39 is 0 Å². The Labute approximate surface area is 281 Å². The molecule has 6 aromatic carbocycles. The van der Waals surface area contributed by atoms with Gasteiger partial charge in [-0.25, -0.2) is 0 Å². The molecule has 0 aliphatic carbocycles. The highest BCUT2D eigenvalue weighted by Gasteiger charge is 2.10. The number of hydrogen-bond acceptors (Lipinski definition) is 1. The van der Waals surface area contributed by atoms with Crippen molar-refractivity contribution in [3.05, 3.63) is 194 Å². The van der Waals surface area contributed by atoms with Gasteiger partial charge in [0, 0.05) is 29.6 Å². The highest BCUT2D eigenvalue weighted by Crippen LogP contribution is 2.34. The zero-order valence-corrected chi connectivity index (χ0v) is 27.8. The van der Waals surface area contributed by atoms with Crippen LogP contribution in [0, 0.1) is 3.57 Å². The molecule has 0 atom stereocenters. The van der Waals surface area contributed by atoms with Gasteiger partial charge in [-0.3, -0.25) is 0 Å². The van der Waals surface area contributed by atoms with Gasteiger partial charge in [0.15, 0.2) is 0 Å². The van der Waals surface area contributed by atoms with Crippen LogP contribution < -0.4 is 4.90 Å². The lowest BCUT2D eigenvalue weighted by Gasteiger charge is -2.25. The summed E-state index contributed by atoms with van der Waals surface area (Å²) in [6.07, 6.45) is 1.03. The van der Waals surface area contributed by atoms with E-state index in [1.165, 1.54) is 14.7 Å². The second kappa shape index (κ2) is 18.4. The first kappa shape index (κ1) is 33.3. The zero-order valence-electron chi connectivity index (χ0n) is 22.5. The standard InChI is InChI=1S/C18H14BrN.C13H12.C6H4BrI.CH4/c19-15-11-13-18(14-12-15)20(16-7-3-1-4-8-16)17-9-5-2-6-10-17;1-3-7-12(8-4-1)11-13-9-5-2-6-10-13;7-5-1-3-6(8)4-2-5;/h1-14H;1-10H,11H2;1-4H;1H4. The summed E-state index contributed by atoms with van der Waals surface area (Å²) >= 11 is 9.11. The maximum Gasteiger partial charge on any atom is 0.0462 e. The van der Waals surface area contributed by atoms with E-state index in [4.69, 9.17) is 0 Å². The largest absolute Gasteiger partial charge is 0.311 e. The number of rotatable bonds is 5. The Bertz CT molecular complexity index is 1450. The summed E-state index contributed by atoms with van der Waals surface area (Å²) < 4.78 is 3.49. The van der Waals surface area contributed by atoms with Gasteiger partial charge in [0.1, 0.15) is 0 Å². The highest BCUT2D eigenvalue weighted by molar-refractivity contribution is 14.1. The third kappa shape index (κ3) is 11.2. The Balaban J connectivity index is 0.000000189. The van der Waals surface area contributed by atoms with Crippen LogP contribution in [0.1, 0.15) is 18.6 Å². The van der Waals surface area contributed by atoms with E-state index in [-0.39, 0.29) is 7.43 Å². The van der Waals surface area contributed by atoms with E-state index in [0.717, 1.165) is 32.4 Å². The van der Waals surface area contributed by atoms with Crippen molar-refractivity contribution in [1.29, 1.82) is 0 Å². The van der Waals surface area contributed by atoms with Gasteiger partial charge in [-0.15, -0.1) is 0 Å². The molecule has 6 aromatic rings. The minimum absolute atomic E-state index is 0. The summed E-state index contributed by atoms with van der Waals surface area (Å²) in [5.74, 6) is 0. The molecule has 0 saturated carbocycles. The Hall–Kier alpha value is -3.19. The topological polar surface area (TPSA) is 3.24 Å². The van der Waals surface area contributed by atoms with Crippen molar-refractivity contribution in [3.63, 3.8) is 0 Å². The number of halogens is 3. The van der Waals surface area contributed by atoms with Crippen molar-refractivity contribution >= 4 is 71.5 Å². The monoisotopic (exact) mass is 789 g/mol. The third-order valence-corrected chi connectivity index (χ3v) is 7.79. The number of nitrogens with zero attached hydrogens (tertiary/aromatic N) is 1. The fourth-order valence-electron chi connectivity index (χ4n) is 4.05. The molecule has 0 saturated heterocycles. The Kier molecular flexibility index (Phi) is 14.6. The Morgan fingerprint density at radius 2 is 0.714 bits per heavy atom. The molecule has 0 aromatic heterocycles. The molecule has 0 fully saturated rings. The lowest BCUT2D eigenvalue weighted by atomic mass is 10.1. The minimum Gasteiger partial charge on any atom is -0.311 e. The number of para-hydroxylation sites is 2. The second-order valence-electron chi connectivity index (χ2n) is 9.07. The fourth-order valence-corrected chi connectivity index (χ4v) is 4.94. The molecule has 0 heterocycles. The summed E-state index contributed by atoms with van der Waals surface area (Å²) in [4.78, 5) is 2.24. The molecule has 0 spiro atoms. The Morgan fingerprint density at radius 3 is 1.07 bits per heavy atom. The second-order valence-corrected chi connectivity index (χ2v) is 12.1. The number of benzene rings is 6. The van der Waals surface area contributed by atoms with Crippen LogP contribution in [0.25, 0.3) is 0 Å². The van der Waals surface area contributed by atoms with Crippen LogP contribution in [-0.4, -0.2) is 0 Å². The first-order chi connectivity index (χ1) is 20.1. The predicted octanol–water partition coefficient (Wildman–Crippen LogP) is 12.9. The Morgan fingerprint density at radius 1 is 0.405 bits per heavy atom. The number of hydrogen-bond donors (Lipinski definition) is 0. The van der Waals surface area contributed by atoms with Crippen LogP contribution in [0.15, 0.2) is 179 Å². The van der Waals surface area contributed by atoms with Crippen molar-refractivity contribution in [1.82, 2.24) is 0 Å². The van der Waals surface area contributed by atoms with Crippen LogP contribution in [-0.2, 0) is 6.42 Å². The van der Waals surface area contributed by atoms with E-state index in [1.807, 2.05) is 24.3 Å². The predicted molar refractivity (Wildman–Crippen MR) is 198 cm³/mol. The summed E-state index contributed by atoms with van der Waals surface area (Å²) in [6, 6.07) is 58.4. The molecular formula is C38H34Br2IN. The maximum atomic E-state index is 3.49. The van der Waals surface area contributed by atoms with Crippen molar-refractivity contribution in [2.75, 3.05) is 4.90 Å². The van der Waals surface area contributed by atoms with Gasteiger partial charge in [-0.1, -0.05) is 136 Å². The highest BCUT2D eigenvalue weighted by atomic mass is 127. The van der Waals surface area contributed by atoms with E-state index in [1.54, 1.807) is 0 Å². The van der Waals surface area contributed by atoms with Crippen molar-refractivity contribution in [2.45, 2.75) is 13.8 Å². The average Bonchev–Trinajstić information content (AvgIpc) is 3.03. The molecule has 0 aliphatic rings. The fraction of sp³-hybridized carbons (Fsp3) is 0.0526. The van der Waals surface area contributed by atoms with E-state index in [2.05, 4.69) is 205 Å². The minimum atomic E-state index is 0. The molecule has 0 aliphatic heterocycles. The van der Waals surface area contributed by atoms with Gasteiger partial charge in [-0.05, 0) is 113 Å². The first-order valence-electron chi connectivity index (χ1n) is 13.2. The van der Waals surface area contributed by atoms with Crippen LogP contribution in [0.5, 0.6) is 0 Å². The molecule has 4 heteroatoms. The van der Waals surface area contributed by atoms with E-state index in [9.17, 15) is 0 Å². The molecule has 0 N–H and O–H groups in total. The van der Waals surface area contributed by atoms with Gasteiger partial charge in [-0.2, -0.15) is 0 Å². The van der Waals surface area contributed by atoms with Gasteiger partial charge >= 0.3 is 0 Å². The maximum absolute atomic E-state index is 3.49. The number of anilines is 3. The summed E-state index contributed by atoms with van der Waals surface area (Å²) in [7, 11) is 0. The molecule has 0 radical (unpaired) electrons. The lowest BCUT2D eigenvalue weighted by Crippen LogP contribution is -2.09. The lowest BCUT2D eigenvalue weighted by molar-refractivity contribution is 1.19. The van der Waals surface area contributed by atoms with Crippen molar-refractivity contribution in [2.24, 2.45) is 0 Å². The van der Waals surface area contributed by atoms with Crippen LogP contribution >= 0.6 is 54.5 Å². The van der Waals surface area contributed by atoms with Crippen molar-refractivity contribution in [3.8, 4) is 0 Å². The van der Waals surface area contributed by atoms with Crippen molar-refractivity contribution < 1.29 is 0 Å². The van der Waals surface area contributed by atoms with Crippen LogP contribution in [0.4, 0.5) is 17.1 Å². The molecule has 0 amide bonds. The van der Waals surface area contributed by atoms with Gasteiger partial charge in [0.2, 0.25) is 0 Å². The molecule has 42 heavy (non-hydrogen) atoms. The van der Waals surface area contributed by atoms with Crippen LogP contribution in [0.3, 0.4) is 0 Å². The van der Waals surface area contributed by atoms with E-state index in [0.29, 0.717) is 0 Å². The molecule has 212 valence electrons. The molecule has 0 bridgehead atoms.